The van der Waals surface area contributed by atoms with Crippen LogP contribution in [0.25, 0.3) is 0 Å². The normalized spacial score (nSPS) is 18.5. The Morgan fingerprint density at radius 1 is 0.909 bits per heavy atom. The number of hydrogen-bond acceptors (Lipinski definition) is 1. The Labute approximate surface area is 135 Å². The first-order valence-corrected chi connectivity index (χ1v) is 8.84. The summed E-state index contributed by atoms with van der Waals surface area (Å²) in [6.45, 7) is 4.10. The zero-order chi connectivity index (χ0) is 15.5. The lowest BCUT2D eigenvalue weighted by molar-refractivity contribution is 0.332. The molecule has 1 aliphatic carbocycles. The lowest BCUT2D eigenvalue weighted by Gasteiger charge is -2.20. The van der Waals surface area contributed by atoms with E-state index in [9.17, 15) is 5.11 Å². The third kappa shape index (κ3) is 2.97. The molecule has 112 valence electrons. The molecule has 0 bridgehead atoms. The summed E-state index contributed by atoms with van der Waals surface area (Å²) >= 11 is 0. The Hall–Kier alpha value is -1.93. The molecule has 0 heterocycles. The van der Waals surface area contributed by atoms with Gasteiger partial charge in [0.2, 0.25) is 0 Å². The maximum Gasteiger partial charge on any atom is 0.166 e. The molecule has 0 aromatic heterocycles. The van der Waals surface area contributed by atoms with Crippen LogP contribution in [0.2, 0.25) is 0 Å². The molecule has 0 radical (unpaired) electrons. The van der Waals surface area contributed by atoms with Crippen molar-refractivity contribution in [1.29, 1.82) is 0 Å². The van der Waals surface area contributed by atoms with E-state index in [-0.39, 0.29) is 16.8 Å². The average Bonchev–Trinajstić information content (AvgIpc) is 2.55. The van der Waals surface area contributed by atoms with Gasteiger partial charge in [0.25, 0.3) is 0 Å². The topological polar surface area (TPSA) is 20.2 Å². The quantitative estimate of drug-likeness (QED) is 0.744. The lowest BCUT2D eigenvalue weighted by atomic mass is 9.96. The Balaban J connectivity index is 2.10. The second-order valence-corrected chi connectivity index (χ2v) is 7.80. The average molecular weight is 309 g/mol. The summed E-state index contributed by atoms with van der Waals surface area (Å²) in [7, 11) is -0.0782. The molecule has 22 heavy (non-hydrogen) atoms. The van der Waals surface area contributed by atoms with E-state index in [0.717, 1.165) is 12.0 Å². The highest BCUT2D eigenvalue weighted by atomic mass is 32.2. The van der Waals surface area contributed by atoms with Crippen molar-refractivity contribution in [1.82, 2.24) is 0 Å². The molecule has 0 spiro atoms. The van der Waals surface area contributed by atoms with E-state index in [1.165, 1.54) is 14.7 Å². The van der Waals surface area contributed by atoms with Crippen molar-refractivity contribution in [2.75, 3.05) is 0 Å². The van der Waals surface area contributed by atoms with Crippen molar-refractivity contribution in [2.24, 2.45) is 5.92 Å². The van der Waals surface area contributed by atoms with E-state index in [1.54, 1.807) is 0 Å². The number of aliphatic hydroxyl groups excluding tert-OH is 1. The maximum absolute atomic E-state index is 10.1. The van der Waals surface area contributed by atoms with E-state index in [2.05, 4.69) is 73.7 Å². The summed E-state index contributed by atoms with van der Waals surface area (Å²) < 4.78 is 0. The zero-order valence-electron chi connectivity index (χ0n) is 13.0. The molecular formula is C20H21OS+. The molecule has 0 saturated carbocycles. The minimum atomic E-state index is -0.0782. The largest absolute Gasteiger partial charge is 0.512 e. The van der Waals surface area contributed by atoms with Crippen molar-refractivity contribution in [3.8, 4) is 0 Å². The van der Waals surface area contributed by atoms with E-state index in [1.807, 2.05) is 6.92 Å². The first-order chi connectivity index (χ1) is 10.7. The smallest absolute Gasteiger partial charge is 0.166 e. The van der Waals surface area contributed by atoms with Gasteiger partial charge in [0.05, 0.1) is 16.7 Å². The van der Waals surface area contributed by atoms with Crippen LogP contribution < -0.4 is 0 Å². The van der Waals surface area contributed by atoms with Gasteiger partial charge in [0.1, 0.15) is 4.91 Å². The Morgan fingerprint density at radius 2 is 1.41 bits per heavy atom. The van der Waals surface area contributed by atoms with Gasteiger partial charge in [-0.3, -0.25) is 0 Å². The van der Waals surface area contributed by atoms with E-state index in [4.69, 9.17) is 0 Å². The minimum Gasteiger partial charge on any atom is -0.512 e. The molecule has 1 unspecified atom stereocenters. The van der Waals surface area contributed by atoms with Crippen LogP contribution in [-0.2, 0) is 10.9 Å². The standard InChI is InChI=1S/C20H20OS/c1-15-13-19(14-16(2)20(15)21)22(17-9-5-3-6-10-17)18-11-7-4-8-12-18/h3-13,16H,14H2,1-2H3/p+1. The van der Waals surface area contributed by atoms with Gasteiger partial charge in [0, 0.05) is 12.3 Å². The molecule has 1 N–H and O–H groups in total. The SMILES string of the molecule is CC1=C(O)C(C)CC([S+](c2ccccc2)c2ccccc2)=C1. The van der Waals surface area contributed by atoms with Crippen molar-refractivity contribution in [3.63, 3.8) is 0 Å². The van der Waals surface area contributed by atoms with Crippen LogP contribution >= 0.6 is 0 Å². The highest BCUT2D eigenvalue weighted by Gasteiger charge is 2.34. The second-order valence-electron chi connectivity index (χ2n) is 5.72. The van der Waals surface area contributed by atoms with Crippen molar-refractivity contribution < 1.29 is 5.11 Å². The first kappa shape index (κ1) is 15.0. The molecule has 0 fully saturated rings. The van der Waals surface area contributed by atoms with Gasteiger partial charge in [0.15, 0.2) is 9.79 Å². The third-order valence-corrected chi connectivity index (χ3v) is 6.27. The summed E-state index contributed by atoms with van der Waals surface area (Å²) in [4.78, 5) is 4.07. The van der Waals surface area contributed by atoms with Crippen molar-refractivity contribution in [3.05, 3.63) is 83.0 Å². The van der Waals surface area contributed by atoms with Crippen LogP contribution in [0, 0.1) is 5.92 Å². The second kappa shape index (κ2) is 6.45. The molecule has 2 heteroatoms. The predicted molar refractivity (Wildman–Crippen MR) is 94.0 cm³/mol. The molecule has 0 aliphatic heterocycles. The number of hydrogen-bond donors (Lipinski definition) is 1. The fraction of sp³-hybridized carbons (Fsp3) is 0.200. The number of allylic oxidation sites excluding steroid dienone is 4. The van der Waals surface area contributed by atoms with Crippen LogP contribution in [-0.4, -0.2) is 5.11 Å². The Morgan fingerprint density at radius 3 is 1.86 bits per heavy atom. The van der Waals surface area contributed by atoms with Gasteiger partial charge in [-0.2, -0.15) is 0 Å². The molecule has 1 nitrogen and oxygen atoms in total. The summed E-state index contributed by atoms with van der Waals surface area (Å²) in [5, 5.41) is 10.1. The summed E-state index contributed by atoms with van der Waals surface area (Å²) in [6.07, 6.45) is 3.09. The fourth-order valence-electron chi connectivity index (χ4n) is 2.86. The van der Waals surface area contributed by atoms with E-state index in [0.29, 0.717) is 5.76 Å². The number of aliphatic hydroxyl groups is 1. The lowest BCUT2D eigenvalue weighted by Crippen LogP contribution is -2.15. The third-order valence-electron chi connectivity index (χ3n) is 3.98. The number of benzene rings is 2. The summed E-state index contributed by atoms with van der Waals surface area (Å²) in [5.41, 5.74) is 0.998. The molecular weight excluding hydrogens is 288 g/mol. The molecule has 3 rings (SSSR count). The van der Waals surface area contributed by atoms with Gasteiger partial charge in [-0.05, 0) is 42.8 Å². The summed E-state index contributed by atoms with van der Waals surface area (Å²) in [5.74, 6) is 0.732. The molecule has 2 aromatic rings. The molecule has 0 amide bonds. The van der Waals surface area contributed by atoms with Crippen LogP contribution in [0.4, 0.5) is 0 Å². The van der Waals surface area contributed by atoms with Crippen LogP contribution in [0.3, 0.4) is 0 Å². The van der Waals surface area contributed by atoms with Gasteiger partial charge in [-0.15, -0.1) is 0 Å². The maximum atomic E-state index is 10.1. The Bertz CT molecular complexity index is 662. The fourth-order valence-corrected chi connectivity index (χ4v) is 5.30. The van der Waals surface area contributed by atoms with Gasteiger partial charge in [-0.1, -0.05) is 43.3 Å². The van der Waals surface area contributed by atoms with Gasteiger partial charge < -0.3 is 5.11 Å². The van der Waals surface area contributed by atoms with Crippen LogP contribution in [0.1, 0.15) is 20.3 Å². The molecule has 2 aromatic carbocycles. The monoisotopic (exact) mass is 309 g/mol. The molecule has 0 saturated heterocycles. The minimum absolute atomic E-state index is 0.0782. The van der Waals surface area contributed by atoms with Crippen molar-refractivity contribution in [2.45, 2.75) is 30.1 Å². The molecule has 1 atom stereocenters. The highest BCUT2D eigenvalue weighted by molar-refractivity contribution is 8.00. The Kier molecular flexibility index (Phi) is 4.39. The highest BCUT2D eigenvalue weighted by Crippen LogP contribution is 2.38. The van der Waals surface area contributed by atoms with Gasteiger partial charge in [-0.25, -0.2) is 0 Å². The predicted octanol–water partition coefficient (Wildman–Crippen LogP) is 5.48. The number of rotatable bonds is 3. The summed E-state index contributed by atoms with van der Waals surface area (Å²) in [6, 6.07) is 21.3. The van der Waals surface area contributed by atoms with Gasteiger partial charge >= 0.3 is 0 Å². The van der Waals surface area contributed by atoms with E-state index >= 15 is 0 Å². The van der Waals surface area contributed by atoms with Crippen molar-refractivity contribution >= 4 is 10.9 Å². The van der Waals surface area contributed by atoms with Crippen LogP contribution in [0.5, 0.6) is 0 Å². The van der Waals surface area contributed by atoms with E-state index < -0.39 is 0 Å². The molecule has 1 aliphatic rings. The first-order valence-electron chi connectivity index (χ1n) is 7.61. The zero-order valence-corrected chi connectivity index (χ0v) is 13.8. The van der Waals surface area contributed by atoms with Crippen LogP contribution in [0.15, 0.2) is 92.8 Å².